The van der Waals surface area contributed by atoms with Crippen LogP contribution in [-0.4, -0.2) is 37.6 Å². The maximum atomic E-state index is 3.51. The Morgan fingerprint density at radius 1 is 1.25 bits per heavy atom. The molecule has 0 amide bonds. The molecule has 1 fully saturated rings. The van der Waals surface area contributed by atoms with Crippen molar-refractivity contribution in [3.05, 3.63) is 0 Å². The summed E-state index contributed by atoms with van der Waals surface area (Å²) in [6.45, 7) is 15.6. The molecule has 1 rings (SSSR count). The Balaban J connectivity index is 2.13. The van der Waals surface area contributed by atoms with Gasteiger partial charge in [0.15, 0.2) is 0 Å². The predicted octanol–water partition coefficient (Wildman–Crippen LogP) is 2.74. The number of piperidine rings is 1. The minimum absolute atomic E-state index is 0.584. The highest BCUT2D eigenvalue weighted by molar-refractivity contribution is 4.79. The summed E-state index contributed by atoms with van der Waals surface area (Å²) in [5, 5.41) is 3.51. The summed E-state index contributed by atoms with van der Waals surface area (Å²) in [4.78, 5) is 2.64. The number of likely N-dealkylation sites (tertiary alicyclic amines) is 1. The Labute approximate surface area is 102 Å². The van der Waals surface area contributed by atoms with Gasteiger partial charge in [0.1, 0.15) is 0 Å². The van der Waals surface area contributed by atoms with E-state index in [0.717, 1.165) is 12.5 Å². The van der Waals surface area contributed by atoms with E-state index in [-0.39, 0.29) is 0 Å². The highest BCUT2D eigenvalue weighted by atomic mass is 15.1. The van der Waals surface area contributed by atoms with Crippen LogP contribution in [0.25, 0.3) is 0 Å². The van der Waals surface area contributed by atoms with Crippen LogP contribution in [-0.2, 0) is 0 Å². The fourth-order valence-corrected chi connectivity index (χ4v) is 2.37. The van der Waals surface area contributed by atoms with Crippen LogP contribution in [0.2, 0.25) is 0 Å². The van der Waals surface area contributed by atoms with E-state index in [1.807, 2.05) is 0 Å². The molecular formula is C14H30N2. The van der Waals surface area contributed by atoms with Crippen molar-refractivity contribution in [2.45, 2.75) is 47.0 Å². The minimum Gasteiger partial charge on any atom is -0.316 e. The Hall–Kier alpha value is -0.0800. The topological polar surface area (TPSA) is 15.3 Å². The van der Waals surface area contributed by atoms with E-state index in [1.54, 1.807) is 0 Å². The fraction of sp³-hybridized carbons (Fsp3) is 1.00. The lowest BCUT2D eigenvalue weighted by atomic mass is 9.82. The lowest BCUT2D eigenvalue weighted by Crippen LogP contribution is -2.41. The molecule has 0 spiro atoms. The van der Waals surface area contributed by atoms with E-state index >= 15 is 0 Å². The Morgan fingerprint density at radius 2 is 1.88 bits per heavy atom. The molecule has 1 unspecified atom stereocenters. The van der Waals surface area contributed by atoms with Crippen molar-refractivity contribution in [2.24, 2.45) is 11.3 Å². The molecule has 0 aromatic rings. The molecule has 1 N–H and O–H groups in total. The van der Waals surface area contributed by atoms with Crippen LogP contribution in [0.1, 0.15) is 47.0 Å². The number of nitrogens with one attached hydrogen (secondary N) is 1. The van der Waals surface area contributed by atoms with Crippen LogP contribution in [0.3, 0.4) is 0 Å². The van der Waals surface area contributed by atoms with Crippen molar-refractivity contribution < 1.29 is 0 Å². The summed E-state index contributed by atoms with van der Waals surface area (Å²) in [6.07, 6.45) is 3.97. The van der Waals surface area contributed by atoms with Gasteiger partial charge in [-0.1, -0.05) is 27.7 Å². The van der Waals surface area contributed by atoms with Crippen molar-refractivity contribution >= 4 is 0 Å². The van der Waals surface area contributed by atoms with Crippen molar-refractivity contribution in [1.29, 1.82) is 0 Å². The van der Waals surface area contributed by atoms with E-state index in [0.29, 0.717) is 5.41 Å². The number of rotatable bonds is 6. The molecule has 0 radical (unpaired) electrons. The molecule has 0 aliphatic carbocycles. The summed E-state index contributed by atoms with van der Waals surface area (Å²) in [7, 11) is 0. The average Bonchev–Trinajstić information content (AvgIpc) is 2.22. The van der Waals surface area contributed by atoms with Crippen LogP contribution in [0.4, 0.5) is 0 Å². The second-order valence-corrected chi connectivity index (χ2v) is 6.27. The molecule has 0 bridgehead atoms. The normalized spacial score (nSPS) is 23.2. The summed E-state index contributed by atoms with van der Waals surface area (Å²) < 4.78 is 0. The first kappa shape index (κ1) is 14.0. The fourth-order valence-electron chi connectivity index (χ4n) is 2.37. The van der Waals surface area contributed by atoms with Crippen LogP contribution >= 0.6 is 0 Å². The Kier molecular flexibility index (Phi) is 5.77. The molecule has 1 saturated heterocycles. The zero-order valence-electron chi connectivity index (χ0n) is 11.7. The quantitative estimate of drug-likeness (QED) is 0.701. The SMILES string of the molecule is CCCNCC(C)CN1CCC(C)(C)CC1. The van der Waals surface area contributed by atoms with E-state index < -0.39 is 0 Å². The third-order valence-corrected chi connectivity index (χ3v) is 3.70. The summed E-state index contributed by atoms with van der Waals surface area (Å²) in [5.41, 5.74) is 0.584. The third-order valence-electron chi connectivity index (χ3n) is 3.70. The molecular weight excluding hydrogens is 196 g/mol. The molecule has 1 aliphatic heterocycles. The van der Waals surface area contributed by atoms with Gasteiger partial charge in [0.2, 0.25) is 0 Å². The molecule has 96 valence electrons. The average molecular weight is 226 g/mol. The van der Waals surface area contributed by atoms with Gasteiger partial charge < -0.3 is 10.2 Å². The zero-order valence-corrected chi connectivity index (χ0v) is 11.7. The van der Waals surface area contributed by atoms with Gasteiger partial charge in [-0.15, -0.1) is 0 Å². The molecule has 1 atom stereocenters. The van der Waals surface area contributed by atoms with Gasteiger partial charge in [-0.2, -0.15) is 0 Å². The number of hydrogen-bond acceptors (Lipinski definition) is 2. The maximum Gasteiger partial charge on any atom is 0.00191 e. The van der Waals surface area contributed by atoms with E-state index in [4.69, 9.17) is 0 Å². The van der Waals surface area contributed by atoms with Crippen molar-refractivity contribution in [3.8, 4) is 0 Å². The molecule has 0 aromatic heterocycles. The van der Waals surface area contributed by atoms with Crippen molar-refractivity contribution in [3.63, 3.8) is 0 Å². The van der Waals surface area contributed by atoms with E-state index in [2.05, 4.69) is 37.9 Å². The number of nitrogens with zero attached hydrogens (tertiary/aromatic N) is 1. The molecule has 0 aromatic carbocycles. The lowest BCUT2D eigenvalue weighted by molar-refractivity contribution is 0.119. The standard InChI is InChI=1S/C14H30N2/c1-5-8-15-11-13(2)12-16-9-6-14(3,4)7-10-16/h13,15H,5-12H2,1-4H3. The second kappa shape index (κ2) is 6.61. The van der Waals surface area contributed by atoms with Crippen molar-refractivity contribution in [2.75, 3.05) is 32.7 Å². The first-order valence-corrected chi connectivity index (χ1v) is 6.96. The lowest BCUT2D eigenvalue weighted by Gasteiger charge is -2.38. The molecule has 2 heteroatoms. The van der Waals surface area contributed by atoms with E-state index in [1.165, 1.54) is 45.4 Å². The third kappa shape index (κ3) is 5.31. The molecule has 1 aliphatic rings. The van der Waals surface area contributed by atoms with Crippen LogP contribution in [0.5, 0.6) is 0 Å². The van der Waals surface area contributed by atoms with Crippen LogP contribution in [0, 0.1) is 11.3 Å². The zero-order chi connectivity index (χ0) is 12.0. The van der Waals surface area contributed by atoms with Gasteiger partial charge in [0, 0.05) is 6.54 Å². The second-order valence-electron chi connectivity index (χ2n) is 6.27. The molecule has 0 saturated carbocycles. The van der Waals surface area contributed by atoms with Gasteiger partial charge in [-0.3, -0.25) is 0 Å². The highest BCUT2D eigenvalue weighted by Crippen LogP contribution is 2.29. The first-order valence-electron chi connectivity index (χ1n) is 6.96. The first-order chi connectivity index (χ1) is 7.53. The Bertz CT molecular complexity index is 179. The summed E-state index contributed by atoms with van der Waals surface area (Å²) in [5.74, 6) is 0.785. The van der Waals surface area contributed by atoms with Gasteiger partial charge >= 0.3 is 0 Å². The smallest absolute Gasteiger partial charge is 0.00191 e. The predicted molar refractivity (Wildman–Crippen MR) is 71.8 cm³/mol. The Morgan fingerprint density at radius 3 is 2.44 bits per heavy atom. The van der Waals surface area contributed by atoms with Crippen LogP contribution < -0.4 is 5.32 Å². The summed E-state index contributed by atoms with van der Waals surface area (Å²) in [6, 6.07) is 0. The number of hydrogen-bond donors (Lipinski definition) is 1. The highest BCUT2D eigenvalue weighted by Gasteiger charge is 2.25. The monoisotopic (exact) mass is 226 g/mol. The minimum atomic E-state index is 0.584. The van der Waals surface area contributed by atoms with Gasteiger partial charge in [-0.25, -0.2) is 0 Å². The largest absolute Gasteiger partial charge is 0.316 e. The van der Waals surface area contributed by atoms with E-state index in [9.17, 15) is 0 Å². The maximum absolute atomic E-state index is 3.51. The van der Waals surface area contributed by atoms with Gasteiger partial charge in [0.05, 0.1) is 0 Å². The van der Waals surface area contributed by atoms with Crippen LogP contribution in [0.15, 0.2) is 0 Å². The molecule has 16 heavy (non-hydrogen) atoms. The summed E-state index contributed by atoms with van der Waals surface area (Å²) >= 11 is 0. The van der Waals surface area contributed by atoms with Crippen molar-refractivity contribution in [1.82, 2.24) is 10.2 Å². The van der Waals surface area contributed by atoms with Gasteiger partial charge in [0.25, 0.3) is 0 Å². The van der Waals surface area contributed by atoms with Gasteiger partial charge in [-0.05, 0) is 56.8 Å². The molecule has 2 nitrogen and oxygen atoms in total. The molecule has 1 heterocycles.